The molecule has 3 rings (SSSR count). The molecule has 0 amide bonds. The van der Waals surface area contributed by atoms with Gasteiger partial charge in [0.2, 0.25) is 11.6 Å². The fourth-order valence-electron chi connectivity index (χ4n) is 3.02. The first kappa shape index (κ1) is 17.7. The van der Waals surface area contributed by atoms with Gasteiger partial charge in [0, 0.05) is 39.3 Å². The highest BCUT2D eigenvalue weighted by Gasteiger charge is 2.25. The van der Waals surface area contributed by atoms with Crippen molar-refractivity contribution >= 4 is 11.6 Å². The minimum Gasteiger partial charge on any atom is -0.367 e. The van der Waals surface area contributed by atoms with Gasteiger partial charge in [0.1, 0.15) is 0 Å². The number of carbonyl (C=O) groups is 2. The molecule has 0 saturated carbocycles. The van der Waals surface area contributed by atoms with Gasteiger partial charge in [-0.05, 0) is 11.1 Å². The zero-order chi connectivity index (χ0) is 18.5. The predicted molar refractivity (Wildman–Crippen MR) is 102 cm³/mol. The molecule has 0 N–H and O–H groups in total. The molecule has 0 bridgehead atoms. The first-order chi connectivity index (χ1) is 12.5. The number of likely N-dealkylation sites (N-methyl/N-ethyl adjacent to an activating group) is 2. The summed E-state index contributed by atoms with van der Waals surface area (Å²) in [6.45, 7) is 1.16. The maximum absolute atomic E-state index is 12.6. The van der Waals surface area contributed by atoms with Gasteiger partial charge >= 0.3 is 0 Å². The number of ketones is 2. The molecule has 1 aliphatic carbocycles. The summed E-state index contributed by atoms with van der Waals surface area (Å²) < 4.78 is 0. The van der Waals surface area contributed by atoms with Crippen LogP contribution in [0.4, 0.5) is 0 Å². The molecule has 0 radical (unpaired) electrons. The molecule has 2 aromatic rings. The second kappa shape index (κ2) is 7.83. The molecule has 0 fully saturated rings. The van der Waals surface area contributed by atoms with Crippen molar-refractivity contribution in [2.24, 2.45) is 0 Å². The van der Waals surface area contributed by atoms with Crippen LogP contribution in [0.2, 0.25) is 0 Å². The van der Waals surface area contributed by atoms with Crippen molar-refractivity contribution in [1.29, 1.82) is 0 Å². The topological polar surface area (TPSA) is 40.6 Å². The van der Waals surface area contributed by atoms with Crippen LogP contribution < -0.4 is 0 Å². The van der Waals surface area contributed by atoms with E-state index in [1.807, 2.05) is 84.6 Å². The SMILES string of the molecule is CN(Cc1ccccc1)C1=CC(=O)C(N(C)Cc2ccccc2)=CC1=O. The average Bonchev–Trinajstić information content (AvgIpc) is 2.64. The maximum atomic E-state index is 12.6. The van der Waals surface area contributed by atoms with Gasteiger partial charge in [0.25, 0.3) is 0 Å². The second-order valence-electron chi connectivity index (χ2n) is 6.47. The fraction of sp³-hybridized carbons (Fsp3) is 0.182. The molecule has 0 atom stereocenters. The molecule has 0 spiro atoms. The molecule has 0 heterocycles. The second-order valence-corrected chi connectivity index (χ2v) is 6.47. The summed E-state index contributed by atoms with van der Waals surface area (Å²) in [5.41, 5.74) is 3.03. The van der Waals surface area contributed by atoms with Gasteiger partial charge in [-0.1, -0.05) is 60.7 Å². The lowest BCUT2D eigenvalue weighted by atomic mass is 10.0. The zero-order valence-electron chi connectivity index (χ0n) is 15.1. The van der Waals surface area contributed by atoms with Gasteiger partial charge in [0.15, 0.2) is 0 Å². The highest BCUT2D eigenvalue weighted by Crippen LogP contribution is 2.20. The number of hydrogen-bond donors (Lipinski definition) is 0. The van der Waals surface area contributed by atoms with E-state index < -0.39 is 0 Å². The molecule has 2 aromatic carbocycles. The number of hydrogen-bond acceptors (Lipinski definition) is 4. The first-order valence-electron chi connectivity index (χ1n) is 8.57. The molecule has 0 aromatic heterocycles. The van der Waals surface area contributed by atoms with Crippen LogP contribution in [0.15, 0.2) is 84.2 Å². The van der Waals surface area contributed by atoms with Crippen molar-refractivity contribution in [2.45, 2.75) is 13.1 Å². The summed E-state index contributed by atoms with van der Waals surface area (Å²) in [5, 5.41) is 0. The Hall–Kier alpha value is -3.14. The van der Waals surface area contributed by atoms with Crippen LogP contribution in [0, 0.1) is 0 Å². The average molecular weight is 346 g/mol. The third kappa shape index (κ3) is 4.09. The minimum absolute atomic E-state index is 0.141. The Labute approximate surface area is 154 Å². The highest BCUT2D eigenvalue weighted by atomic mass is 16.1. The van der Waals surface area contributed by atoms with Crippen molar-refractivity contribution < 1.29 is 9.59 Å². The van der Waals surface area contributed by atoms with Crippen LogP contribution in [-0.4, -0.2) is 35.5 Å². The van der Waals surface area contributed by atoms with Crippen LogP contribution in [0.3, 0.4) is 0 Å². The van der Waals surface area contributed by atoms with Gasteiger partial charge in [-0.2, -0.15) is 0 Å². The summed E-state index contributed by atoms with van der Waals surface area (Å²) in [4.78, 5) is 28.8. The molecule has 4 heteroatoms. The fourth-order valence-corrected chi connectivity index (χ4v) is 3.02. The third-order valence-corrected chi connectivity index (χ3v) is 4.39. The zero-order valence-corrected chi connectivity index (χ0v) is 15.1. The summed E-state index contributed by atoms with van der Waals surface area (Å²) in [5.74, 6) is -0.282. The van der Waals surface area contributed by atoms with Crippen LogP contribution in [0.5, 0.6) is 0 Å². The first-order valence-corrected chi connectivity index (χ1v) is 8.57. The summed E-state index contributed by atoms with van der Waals surface area (Å²) >= 11 is 0. The van der Waals surface area contributed by atoms with E-state index in [1.165, 1.54) is 12.2 Å². The largest absolute Gasteiger partial charge is 0.367 e. The van der Waals surface area contributed by atoms with E-state index in [9.17, 15) is 9.59 Å². The molecule has 4 nitrogen and oxygen atoms in total. The molecule has 0 unspecified atom stereocenters. The van der Waals surface area contributed by atoms with Crippen molar-refractivity contribution in [1.82, 2.24) is 9.80 Å². The van der Waals surface area contributed by atoms with E-state index >= 15 is 0 Å². The van der Waals surface area contributed by atoms with E-state index in [2.05, 4.69) is 0 Å². The Morgan fingerprint density at radius 2 is 0.962 bits per heavy atom. The Bertz CT molecular complexity index is 781. The van der Waals surface area contributed by atoms with Gasteiger partial charge in [-0.25, -0.2) is 0 Å². The lowest BCUT2D eigenvalue weighted by Gasteiger charge is -2.27. The summed E-state index contributed by atoms with van der Waals surface area (Å²) in [6.07, 6.45) is 2.89. The van der Waals surface area contributed by atoms with E-state index in [0.29, 0.717) is 24.5 Å². The van der Waals surface area contributed by atoms with Gasteiger partial charge < -0.3 is 9.80 Å². The Morgan fingerprint density at radius 3 is 1.31 bits per heavy atom. The lowest BCUT2D eigenvalue weighted by molar-refractivity contribution is -0.117. The Morgan fingerprint density at radius 1 is 0.615 bits per heavy atom. The van der Waals surface area contributed by atoms with E-state index in [0.717, 1.165) is 11.1 Å². The monoisotopic (exact) mass is 346 g/mol. The highest BCUT2D eigenvalue weighted by molar-refractivity contribution is 6.19. The summed E-state index contributed by atoms with van der Waals surface area (Å²) in [7, 11) is 3.66. The minimum atomic E-state index is -0.141. The van der Waals surface area contributed by atoms with Crippen molar-refractivity contribution in [3.63, 3.8) is 0 Å². The number of allylic oxidation sites excluding steroid dienone is 2. The van der Waals surface area contributed by atoms with Crippen molar-refractivity contribution in [3.05, 3.63) is 95.3 Å². The Kier molecular flexibility index (Phi) is 5.32. The maximum Gasteiger partial charge on any atom is 0.204 e. The van der Waals surface area contributed by atoms with Gasteiger partial charge in [0.05, 0.1) is 11.4 Å². The molecule has 26 heavy (non-hydrogen) atoms. The molecule has 132 valence electrons. The normalized spacial score (nSPS) is 13.9. The molecule has 0 aliphatic heterocycles. The quantitative estimate of drug-likeness (QED) is 0.754. The molecule has 0 saturated heterocycles. The van der Waals surface area contributed by atoms with Crippen LogP contribution in [-0.2, 0) is 22.7 Å². The van der Waals surface area contributed by atoms with Crippen molar-refractivity contribution in [2.75, 3.05) is 14.1 Å². The Balaban J connectivity index is 1.71. The predicted octanol–water partition coefficient (Wildman–Crippen LogP) is 3.17. The van der Waals surface area contributed by atoms with Crippen LogP contribution in [0.25, 0.3) is 0 Å². The number of benzene rings is 2. The number of nitrogens with zero attached hydrogens (tertiary/aromatic N) is 2. The standard InChI is InChI=1S/C22H22N2O2/c1-23(15-17-9-5-3-6-10-17)19-13-22(26)20(14-21(19)25)24(2)16-18-11-7-4-8-12-18/h3-14H,15-16H2,1-2H3. The van der Waals surface area contributed by atoms with Crippen LogP contribution >= 0.6 is 0 Å². The van der Waals surface area contributed by atoms with Gasteiger partial charge in [-0.3, -0.25) is 9.59 Å². The number of carbonyl (C=O) groups excluding carboxylic acids is 2. The smallest absolute Gasteiger partial charge is 0.204 e. The summed E-state index contributed by atoms with van der Waals surface area (Å²) in [6, 6.07) is 19.8. The lowest BCUT2D eigenvalue weighted by Crippen LogP contribution is -2.31. The molecular weight excluding hydrogens is 324 g/mol. The van der Waals surface area contributed by atoms with E-state index in [1.54, 1.807) is 0 Å². The number of rotatable bonds is 6. The molecule has 1 aliphatic rings. The molecular formula is C22H22N2O2. The van der Waals surface area contributed by atoms with E-state index in [4.69, 9.17) is 0 Å². The van der Waals surface area contributed by atoms with Crippen molar-refractivity contribution in [3.8, 4) is 0 Å². The van der Waals surface area contributed by atoms with Crippen LogP contribution in [0.1, 0.15) is 11.1 Å². The third-order valence-electron chi connectivity index (χ3n) is 4.39. The van der Waals surface area contributed by atoms with Gasteiger partial charge in [-0.15, -0.1) is 0 Å². The van der Waals surface area contributed by atoms with E-state index in [-0.39, 0.29) is 11.6 Å².